The zero-order chi connectivity index (χ0) is 21.6. The monoisotopic (exact) mass is 444 g/mol. The molecule has 2 amide bonds. The van der Waals surface area contributed by atoms with E-state index in [1.54, 1.807) is 40.9 Å². The van der Waals surface area contributed by atoms with Crippen LogP contribution >= 0.6 is 11.8 Å². The first-order valence-corrected chi connectivity index (χ1v) is 12.7. The molecule has 0 spiro atoms. The number of fused-ring (bicyclic) bond motifs is 1. The number of nitrogens with one attached hydrogen (secondary N) is 1. The molecule has 4 rings (SSSR count). The molecule has 3 aliphatic rings. The molecule has 2 saturated carbocycles. The second-order valence-corrected chi connectivity index (χ2v) is 10.4. The Bertz CT molecular complexity index is 819. The van der Waals surface area contributed by atoms with Gasteiger partial charge in [0.05, 0.1) is 4.91 Å². The average molecular weight is 445 g/mol. The lowest BCUT2D eigenvalue weighted by molar-refractivity contribution is -0.136. The Morgan fingerprint density at radius 3 is 2.48 bits per heavy atom. The van der Waals surface area contributed by atoms with Gasteiger partial charge in [-0.2, -0.15) is 0 Å². The van der Waals surface area contributed by atoms with Gasteiger partial charge in [-0.1, -0.05) is 63.1 Å². The largest absolute Gasteiger partial charge is 0.352 e. The smallest absolute Gasteiger partial charge is 0.261 e. The maximum absolute atomic E-state index is 14.2. The van der Waals surface area contributed by atoms with Gasteiger partial charge in [-0.3, -0.25) is 9.59 Å². The molecule has 2 atom stereocenters. The van der Waals surface area contributed by atoms with Crippen molar-refractivity contribution in [2.75, 3.05) is 6.54 Å². The number of amides is 2. The van der Waals surface area contributed by atoms with Gasteiger partial charge in [0.2, 0.25) is 5.91 Å². The molecule has 1 N–H and O–H groups in total. The van der Waals surface area contributed by atoms with Crippen molar-refractivity contribution >= 4 is 29.7 Å². The predicted molar refractivity (Wildman–Crippen MR) is 124 cm³/mol. The van der Waals surface area contributed by atoms with Crippen molar-refractivity contribution < 1.29 is 14.0 Å². The van der Waals surface area contributed by atoms with Crippen molar-refractivity contribution in [1.82, 2.24) is 10.2 Å². The molecule has 0 bridgehead atoms. The van der Waals surface area contributed by atoms with E-state index in [4.69, 9.17) is 0 Å². The first kappa shape index (κ1) is 22.4. The molecule has 1 heterocycles. The molecule has 1 saturated heterocycles. The number of thioether (sulfide) groups is 1. The molecule has 2 aliphatic carbocycles. The molecule has 1 aromatic rings. The molecule has 1 aliphatic heterocycles. The lowest BCUT2D eigenvalue weighted by Crippen LogP contribution is -2.55. The van der Waals surface area contributed by atoms with Crippen LogP contribution in [0.15, 0.2) is 29.2 Å². The fourth-order valence-corrected chi connectivity index (χ4v) is 6.59. The summed E-state index contributed by atoms with van der Waals surface area (Å²) < 4.78 is 14.2. The molecule has 31 heavy (non-hydrogen) atoms. The molecular weight excluding hydrogens is 411 g/mol. The Kier molecular flexibility index (Phi) is 7.70. The second kappa shape index (κ2) is 10.7. The minimum Gasteiger partial charge on any atom is -0.352 e. The number of nitrogens with zero attached hydrogens (tertiary/aromatic N) is 1. The van der Waals surface area contributed by atoms with Crippen LogP contribution in [0.5, 0.6) is 0 Å². The van der Waals surface area contributed by atoms with Crippen molar-refractivity contribution in [3.05, 3.63) is 40.6 Å². The van der Waals surface area contributed by atoms with E-state index in [1.807, 2.05) is 0 Å². The number of hydrogen-bond donors (Lipinski definition) is 1. The Morgan fingerprint density at radius 1 is 1.03 bits per heavy atom. The van der Waals surface area contributed by atoms with Gasteiger partial charge in [0.25, 0.3) is 5.91 Å². The van der Waals surface area contributed by atoms with Gasteiger partial charge in [-0.05, 0) is 37.8 Å². The lowest BCUT2D eigenvalue weighted by atomic mass is 9.93. The highest BCUT2D eigenvalue weighted by Gasteiger charge is 2.41. The second-order valence-electron chi connectivity index (χ2n) is 9.08. The third-order valence-corrected chi connectivity index (χ3v) is 8.19. The molecule has 4 nitrogen and oxygen atoms in total. The number of halogens is 1. The van der Waals surface area contributed by atoms with Crippen LogP contribution in [0.1, 0.15) is 76.2 Å². The highest BCUT2D eigenvalue weighted by Crippen LogP contribution is 2.42. The first-order valence-electron chi connectivity index (χ1n) is 11.8. The molecule has 0 radical (unpaired) electrons. The van der Waals surface area contributed by atoms with Crippen LogP contribution in [-0.2, 0) is 9.59 Å². The zero-order valence-electron chi connectivity index (χ0n) is 18.2. The van der Waals surface area contributed by atoms with Crippen molar-refractivity contribution in [3.63, 3.8) is 0 Å². The molecule has 0 aromatic heterocycles. The zero-order valence-corrected chi connectivity index (χ0v) is 19.0. The van der Waals surface area contributed by atoms with E-state index in [9.17, 15) is 14.0 Å². The summed E-state index contributed by atoms with van der Waals surface area (Å²) in [5.74, 6) is -0.521. The Morgan fingerprint density at radius 2 is 1.71 bits per heavy atom. The maximum Gasteiger partial charge on any atom is 0.261 e. The summed E-state index contributed by atoms with van der Waals surface area (Å²) in [6.07, 6.45) is 14.0. The third kappa shape index (κ3) is 5.71. The van der Waals surface area contributed by atoms with Crippen LogP contribution in [0.3, 0.4) is 0 Å². The minimum atomic E-state index is -0.331. The van der Waals surface area contributed by atoms with Gasteiger partial charge < -0.3 is 10.2 Å². The molecular formula is C25H33FN2O2S. The van der Waals surface area contributed by atoms with Gasteiger partial charge in [-0.15, -0.1) is 11.8 Å². The van der Waals surface area contributed by atoms with Crippen molar-refractivity contribution in [2.24, 2.45) is 0 Å². The fourth-order valence-electron chi connectivity index (χ4n) is 5.12. The van der Waals surface area contributed by atoms with Gasteiger partial charge in [0.15, 0.2) is 0 Å². The summed E-state index contributed by atoms with van der Waals surface area (Å²) in [4.78, 5) is 28.6. The van der Waals surface area contributed by atoms with E-state index in [-0.39, 0.29) is 41.5 Å². The Hall–Kier alpha value is -1.82. The van der Waals surface area contributed by atoms with E-state index in [1.165, 1.54) is 25.3 Å². The highest BCUT2D eigenvalue weighted by molar-refractivity contribution is 8.04. The van der Waals surface area contributed by atoms with Crippen molar-refractivity contribution in [2.45, 2.75) is 88.0 Å². The number of carbonyl (C=O) groups is 2. The van der Waals surface area contributed by atoms with E-state index < -0.39 is 0 Å². The minimum absolute atomic E-state index is 0.0552. The molecule has 2 unspecified atom stereocenters. The van der Waals surface area contributed by atoms with E-state index in [0.29, 0.717) is 10.5 Å². The van der Waals surface area contributed by atoms with E-state index in [0.717, 1.165) is 51.4 Å². The summed E-state index contributed by atoms with van der Waals surface area (Å²) in [6.45, 7) is 0.103. The summed E-state index contributed by atoms with van der Waals surface area (Å²) >= 11 is 1.57. The predicted octanol–water partition coefficient (Wildman–Crippen LogP) is 5.28. The van der Waals surface area contributed by atoms with Crippen LogP contribution in [0.25, 0.3) is 6.08 Å². The standard InChI is InChI=1S/C25H33FN2O2S/c26-20-13-7-6-10-18(20)16-23-25(30)28(21-14-8-9-15-22(21)31-23)17-24(29)27-19-11-4-2-1-3-5-12-19/h6-7,10,13,16,19,21-22H,1-5,8-9,11-12,14-15,17H2,(H,27,29)/b23-16-. The summed E-state index contributed by atoms with van der Waals surface area (Å²) in [5.41, 5.74) is 0.423. The van der Waals surface area contributed by atoms with Crippen LogP contribution in [0.4, 0.5) is 4.39 Å². The van der Waals surface area contributed by atoms with E-state index >= 15 is 0 Å². The van der Waals surface area contributed by atoms with E-state index in [2.05, 4.69) is 5.32 Å². The highest BCUT2D eigenvalue weighted by atomic mass is 32.2. The quantitative estimate of drug-likeness (QED) is 0.643. The fraction of sp³-hybridized carbons (Fsp3) is 0.600. The molecule has 168 valence electrons. The van der Waals surface area contributed by atoms with Gasteiger partial charge in [-0.25, -0.2) is 4.39 Å². The molecule has 3 fully saturated rings. The summed E-state index contributed by atoms with van der Waals surface area (Å²) in [5, 5.41) is 3.48. The van der Waals surface area contributed by atoms with Crippen LogP contribution in [0.2, 0.25) is 0 Å². The molecule has 1 aromatic carbocycles. The van der Waals surface area contributed by atoms with Crippen molar-refractivity contribution in [1.29, 1.82) is 0 Å². The molecule has 6 heteroatoms. The Balaban J connectivity index is 1.49. The Labute approximate surface area is 189 Å². The lowest BCUT2D eigenvalue weighted by Gasteiger charge is -2.44. The maximum atomic E-state index is 14.2. The number of benzene rings is 1. The number of hydrogen-bond acceptors (Lipinski definition) is 3. The van der Waals surface area contributed by atoms with Crippen LogP contribution in [-0.4, -0.2) is 40.6 Å². The van der Waals surface area contributed by atoms with Crippen LogP contribution < -0.4 is 5.32 Å². The number of rotatable bonds is 4. The van der Waals surface area contributed by atoms with Gasteiger partial charge >= 0.3 is 0 Å². The normalized spacial score (nSPS) is 26.8. The van der Waals surface area contributed by atoms with Gasteiger partial charge in [0.1, 0.15) is 12.4 Å². The topological polar surface area (TPSA) is 49.4 Å². The van der Waals surface area contributed by atoms with Gasteiger partial charge in [0, 0.05) is 22.9 Å². The summed E-state index contributed by atoms with van der Waals surface area (Å²) in [6, 6.07) is 6.83. The third-order valence-electron chi connectivity index (χ3n) is 6.79. The van der Waals surface area contributed by atoms with Crippen LogP contribution in [0, 0.1) is 5.82 Å². The van der Waals surface area contributed by atoms with Crippen molar-refractivity contribution in [3.8, 4) is 0 Å². The number of carbonyl (C=O) groups excluding carboxylic acids is 2. The SMILES string of the molecule is O=C(CN1C(=O)/C(=C/c2ccccc2F)SC2CCCCC21)NC1CCCCCCC1. The summed E-state index contributed by atoms with van der Waals surface area (Å²) in [7, 11) is 0. The first-order chi connectivity index (χ1) is 15.1. The average Bonchev–Trinajstić information content (AvgIpc) is 2.74.